The first-order valence-electron chi connectivity index (χ1n) is 13.2. The van der Waals surface area contributed by atoms with E-state index in [0.717, 1.165) is 38.5 Å². The van der Waals surface area contributed by atoms with Gasteiger partial charge >= 0.3 is 0 Å². The zero-order chi connectivity index (χ0) is 24.2. The van der Waals surface area contributed by atoms with Gasteiger partial charge in [-0.1, -0.05) is 87.4 Å². The van der Waals surface area contributed by atoms with Crippen LogP contribution in [0.3, 0.4) is 0 Å². The van der Waals surface area contributed by atoms with E-state index >= 15 is 0 Å². The zero-order valence-corrected chi connectivity index (χ0v) is 21.5. The van der Waals surface area contributed by atoms with Crippen LogP contribution in [0.2, 0.25) is 0 Å². The third-order valence-corrected chi connectivity index (χ3v) is 6.52. The molecule has 0 fully saturated rings. The second-order valence-corrected chi connectivity index (χ2v) is 9.60. The third-order valence-electron chi connectivity index (χ3n) is 6.52. The largest absolute Gasteiger partial charge is 0.349 e. The molecule has 4 nitrogen and oxygen atoms in total. The first kappa shape index (κ1) is 26.9. The van der Waals surface area contributed by atoms with E-state index in [-0.39, 0.29) is 24.8 Å². The van der Waals surface area contributed by atoms with Crippen LogP contribution in [-0.4, -0.2) is 38.0 Å². The summed E-state index contributed by atoms with van der Waals surface area (Å²) in [6, 6.07) is 0. The Bertz CT molecular complexity index is 722. The molecule has 0 spiro atoms. The topological polar surface area (TPSA) is 36.9 Å². The van der Waals surface area contributed by atoms with Crippen LogP contribution in [0.5, 0.6) is 0 Å². The molecule has 0 aromatic heterocycles. The smallest absolute Gasteiger partial charge is 0.177 e. The highest BCUT2D eigenvalue weighted by Crippen LogP contribution is 2.21. The van der Waals surface area contributed by atoms with Crippen molar-refractivity contribution in [2.24, 2.45) is 11.8 Å². The molecule has 188 valence electrons. The van der Waals surface area contributed by atoms with Gasteiger partial charge in [-0.3, -0.25) is 0 Å². The molecule has 6 atom stereocenters. The highest BCUT2D eigenvalue weighted by molar-refractivity contribution is 5.22. The van der Waals surface area contributed by atoms with Crippen molar-refractivity contribution >= 4 is 0 Å². The highest BCUT2D eigenvalue weighted by atomic mass is 16.7. The summed E-state index contributed by atoms with van der Waals surface area (Å²) in [5.41, 5.74) is 2.66. The van der Waals surface area contributed by atoms with Crippen LogP contribution in [0.4, 0.5) is 0 Å². The van der Waals surface area contributed by atoms with Crippen molar-refractivity contribution in [3.8, 4) is 0 Å². The predicted molar refractivity (Wildman–Crippen MR) is 139 cm³/mol. The van der Waals surface area contributed by atoms with Gasteiger partial charge in [0.05, 0.1) is 25.4 Å². The van der Waals surface area contributed by atoms with E-state index < -0.39 is 0 Å². The molecule has 3 heterocycles. The van der Waals surface area contributed by atoms with Gasteiger partial charge in [-0.2, -0.15) is 0 Å². The van der Waals surface area contributed by atoms with Crippen LogP contribution in [0, 0.1) is 11.8 Å². The molecule has 3 rings (SSSR count). The normalized spacial score (nSPS) is 38.9. The lowest BCUT2D eigenvalue weighted by Gasteiger charge is -2.25. The molecule has 34 heavy (non-hydrogen) atoms. The molecule has 3 aliphatic rings. The van der Waals surface area contributed by atoms with Gasteiger partial charge in [0, 0.05) is 0 Å². The highest BCUT2D eigenvalue weighted by Gasteiger charge is 2.18. The molecule has 3 aliphatic heterocycles. The Morgan fingerprint density at radius 3 is 1.53 bits per heavy atom. The molecule has 0 aromatic carbocycles. The number of rotatable bonds is 2. The lowest BCUT2D eigenvalue weighted by molar-refractivity contribution is -0.137. The monoisotopic (exact) mass is 468 g/mol. The van der Waals surface area contributed by atoms with E-state index in [4.69, 9.17) is 18.9 Å². The summed E-state index contributed by atoms with van der Waals surface area (Å²) in [6.07, 6.45) is 27.2. The van der Waals surface area contributed by atoms with E-state index in [1.165, 1.54) is 11.1 Å². The van der Waals surface area contributed by atoms with E-state index in [1.807, 2.05) is 12.2 Å². The van der Waals surface area contributed by atoms with Gasteiger partial charge in [-0.25, -0.2) is 0 Å². The molecule has 0 saturated heterocycles. The summed E-state index contributed by atoms with van der Waals surface area (Å²) < 4.78 is 24.4. The SMILES string of the molecule is CCC1=C/[C@@H](C)CCOC2C=CC[C@H](/C=C/C(CC)=C\[C@@H](C)CCOC3C=CC[C@H](\C=C\1)O3)O2. The fraction of sp³-hybridized carbons (Fsp3) is 0.600. The quantitative estimate of drug-likeness (QED) is 0.401. The maximum absolute atomic E-state index is 6.15. The van der Waals surface area contributed by atoms with Crippen LogP contribution in [-0.2, 0) is 18.9 Å². The van der Waals surface area contributed by atoms with Gasteiger partial charge in [-0.15, -0.1) is 0 Å². The molecular formula is C30H44O4. The number of hydrogen-bond donors (Lipinski definition) is 0. The minimum absolute atomic E-state index is 0.0544. The Morgan fingerprint density at radius 2 is 1.12 bits per heavy atom. The summed E-state index contributed by atoms with van der Waals surface area (Å²) >= 11 is 0. The van der Waals surface area contributed by atoms with Gasteiger partial charge in [0.15, 0.2) is 12.6 Å². The van der Waals surface area contributed by atoms with Crippen molar-refractivity contribution in [1.82, 2.24) is 0 Å². The second kappa shape index (κ2) is 14.6. The second-order valence-electron chi connectivity index (χ2n) is 9.60. The lowest BCUT2D eigenvalue weighted by atomic mass is 10.0. The van der Waals surface area contributed by atoms with Crippen molar-refractivity contribution < 1.29 is 18.9 Å². The molecule has 0 aliphatic carbocycles. The average molecular weight is 469 g/mol. The zero-order valence-electron chi connectivity index (χ0n) is 21.5. The predicted octanol–water partition coefficient (Wildman–Crippen LogP) is 7.21. The van der Waals surface area contributed by atoms with Crippen molar-refractivity contribution in [3.63, 3.8) is 0 Å². The molecule has 0 saturated carbocycles. The molecule has 4 heteroatoms. The van der Waals surface area contributed by atoms with Crippen molar-refractivity contribution in [1.29, 1.82) is 0 Å². The molecule has 4 bridgehead atoms. The Labute approximate surface area is 207 Å². The lowest BCUT2D eigenvalue weighted by Crippen LogP contribution is -2.25. The molecule has 0 N–H and O–H groups in total. The van der Waals surface area contributed by atoms with Gasteiger partial charge in [0.25, 0.3) is 0 Å². The van der Waals surface area contributed by atoms with Gasteiger partial charge < -0.3 is 18.9 Å². The molecule has 0 radical (unpaired) electrons. The van der Waals surface area contributed by atoms with E-state index in [1.54, 1.807) is 0 Å². The standard InChI is InChI=1S/C30H44O4/c1-5-25-13-15-27-9-7-11-29(33-27)32-20-18-24(4)22-26(6-2)14-16-28-10-8-12-30(34-28)31-19-17-23(3)21-25/h7-8,11-16,21-24,27-30H,5-6,9-10,17-20H2,1-4H3/b15-13+,16-14+,25-21-,26-22-/t23-,24-,27+,28+,29?,30?/m0/s1. The van der Waals surface area contributed by atoms with Gasteiger partial charge in [0.1, 0.15) is 0 Å². The Hall–Kier alpha value is -1.72. The fourth-order valence-corrected chi connectivity index (χ4v) is 4.31. The van der Waals surface area contributed by atoms with Crippen LogP contribution in [0.1, 0.15) is 66.2 Å². The number of hydrogen-bond acceptors (Lipinski definition) is 4. The first-order chi connectivity index (χ1) is 16.6. The average Bonchev–Trinajstić information content (AvgIpc) is 2.84. The van der Waals surface area contributed by atoms with Gasteiger partial charge in [0.2, 0.25) is 0 Å². The number of fused-ring (bicyclic) bond motifs is 4. The van der Waals surface area contributed by atoms with E-state index in [2.05, 4.69) is 76.3 Å². The first-order valence-corrected chi connectivity index (χ1v) is 13.2. The Morgan fingerprint density at radius 1 is 0.676 bits per heavy atom. The Kier molecular flexibility index (Phi) is 11.6. The summed E-state index contributed by atoms with van der Waals surface area (Å²) in [5.74, 6) is 0.867. The summed E-state index contributed by atoms with van der Waals surface area (Å²) in [4.78, 5) is 0. The molecule has 0 amide bonds. The van der Waals surface area contributed by atoms with Crippen molar-refractivity contribution in [2.75, 3.05) is 13.2 Å². The Balaban J connectivity index is 1.71. The minimum Gasteiger partial charge on any atom is -0.349 e. The van der Waals surface area contributed by atoms with Gasteiger partial charge in [-0.05, 0) is 62.5 Å². The van der Waals surface area contributed by atoms with E-state index in [9.17, 15) is 0 Å². The number of ether oxygens (including phenoxy) is 4. The maximum atomic E-state index is 6.15. The fourth-order valence-electron chi connectivity index (χ4n) is 4.31. The summed E-state index contributed by atoms with van der Waals surface area (Å²) in [6.45, 7) is 10.2. The maximum Gasteiger partial charge on any atom is 0.177 e. The van der Waals surface area contributed by atoms with Crippen LogP contribution in [0.25, 0.3) is 0 Å². The van der Waals surface area contributed by atoms with Crippen LogP contribution < -0.4 is 0 Å². The third kappa shape index (κ3) is 9.50. The molecule has 2 unspecified atom stereocenters. The minimum atomic E-state index is -0.266. The van der Waals surface area contributed by atoms with E-state index in [0.29, 0.717) is 25.0 Å². The van der Waals surface area contributed by atoms with Crippen molar-refractivity contribution in [3.05, 3.63) is 71.9 Å². The number of allylic oxidation sites excluding steroid dienone is 6. The summed E-state index contributed by atoms with van der Waals surface area (Å²) in [7, 11) is 0. The molecule has 0 aromatic rings. The summed E-state index contributed by atoms with van der Waals surface area (Å²) in [5, 5.41) is 0. The molecular weight excluding hydrogens is 424 g/mol. The van der Waals surface area contributed by atoms with Crippen LogP contribution >= 0.6 is 0 Å². The van der Waals surface area contributed by atoms with Crippen LogP contribution in [0.15, 0.2) is 71.9 Å². The van der Waals surface area contributed by atoms with Crippen molar-refractivity contribution in [2.45, 2.75) is 91.0 Å².